The lowest BCUT2D eigenvalue weighted by Gasteiger charge is -2.36. The first-order valence-electron chi connectivity index (χ1n) is 13.3. The molecule has 0 saturated carbocycles. The molecule has 0 aromatic heterocycles. The number of carboxylic acid groups (broad SMARTS) is 1. The fourth-order valence-electron chi connectivity index (χ4n) is 4.58. The normalized spacial score (nSPS) is 18.8. The molecule has 3 atom stereocenters. The highest BCUT2D eigenvalue weighted by Gasteiger charge is 2.32. The Morgan fingerprint density at radius 1 is 0.900 bits per heavy atom. The van der Waals surface area contributed by atoms with E-state index in [1.807, 2.05) is 72.8 Å². The highest BCUT2D eigenvalue weighted by molar-refractivity contribution is 7.99. The molecule has 4 rings (SSSR count). The Hall–Kier alpha value is -3.21. The number of hydrogen-bond acceptors (Lipinski definition) is 7. The van der Waals surface area contributed by atoms with Gasteiger partial charge in [0.05, 0.1) is 31.8 Å². The summed E-state index contributed by atoms with van der Waals surface area (Å²) in [5, 5.41) is 30.2. The minimum atomic E-state index is -0.997. The van der Waals surface area contributed by atoms with E-state index in [4.69, 9.17) is 14.6 Å². The van der Waals surface area contributed by atoms with Crippen LogP contribution in [-0.2, 0) is 32.2 Å². The zero-order chi connectivity index (χ0) is 28.3. The number of aliphatic hydroxyl groups excluding tert-OH is 2. The summed E-state index contributed by atoms with van der Waals surface area (Å²) in [4.78, 5) is 22.8. The summed E-state index contributed by atoms with van der Waals surface area (Å²) in [6.07, 6.45) is -0.347. The fourth-order valence-corrected chi connectivity index (χ4v) is 5.35. The van der Waals surface area contributed by atoms with Crippen LogP contribution < -0.4 is 5.32 Å². The van der Waals surface area contributed by atoms with Crippen LogP contribution in [0.5, 0.6) is 0 Å². The molecule has 0 unspecified atom stereocenters. The van der Waals surface area contributed by atoms with Gasteiger partial charge in [0.1, 0.15) is 0 Å². The molecule has 0 radical (unpaired) electrons. The monoisotopic (exact) mass is 565 g/mol. The van der Waals surface area contributed by atoms with Crippen molar-refractivity contribution < 1.29 is 34.4 Å². The largest absolute Gasteiger partial charge is 0.481 e. The van der Waals surface area contributed by atoms with Crippen molar-refractivity contribution in [2.75, 3.05) is 18.1 Å². The number of carbonyl (C=O) groups is 2. The predicted molar refractivity (Wildman–Crippen MR) is 153 cm³/mol. The van der Waals surface area contributed by atoms with Crippen molar-refractivity contribution >= 4 is 23.6 Å². The van der Waals surface area contributed by atoms with E-state index in [0.717, 1.165) is 39.1 Å². The van der Waals surface area contributed by atoms with E-state index in [1.54, 1.807) is 11.8 Å². The van der Waals surface area contributed by atoms with Crippen molar-refractivity contribution in [3.63, 3.8) is 0 Å². The van der Waals surface area contributed by atoms with Crippen molar-refractivity contribution in [1.29, 1.82) is 0 Å². The first-order chi connectivity index (χ1) is 19.5. The summed E-state index contributed by atoms with van der Waals surface area (Å²) >= 11 is 1.65. The number of ether oxygens (including phenoxy) is 2. The van der Waals surface area contributed by atoms with E-state index in [9.17, 15) is 19.8 Å². The van der Waals surface area contributed by atoms with Gasteiger partial charge >= 0.3 is 5.97 Å². The Labute approximate surface area is 238 Å². The quantitative estimate of drug-likeness (QED) is 0.222. The summed E-state index contributed by atoms with van der Waals surface area (Å²) in [6.45, 7) is 0.415. The molecule has 1 aliphatic heterocycles. The van der Waals surface area contributed by atoms with Crippen molar-refractivity contribution in [3.05, 3.63) is 95.1 Å². The van der Waals surface area contributed by atoms with Crippen LogP contribution >= 0.6 is 11.8 Å². The number of rotatable bonds is 13. The number of aliphatic hydroxyl groups is 2. The zero-order valence-electron chi connectivity index (χ0n) is 22.2. The molecule has 9 heteroatoms. The summed E-state index contributed by atoms with van der Waals surface area (Å²) < 4.78 is 12.7. The van der Waals surface area contributed by atoms with E-state index in [1.165, 1.54) is 0 Å². The molecule has 1 saturated heterocycles. The van der Waals surface area contributed by atoms with Gasteiger partial charge in [-0.15, -0.1) is 0 Å². The molecule has 8 nitrogen and oxygen atoms in total. The average Bonchev–Trinajstić information content (AvgIpc) is 2.99. The second-order valence-electron chi connectivity index (χ2n) is 9.60. The van der Waals surface area contributed by atoms with Gasteiger partial charge in [-0.25, -0.2) is 0 Å². The Balaban J connectivity index is 1.48. The molecule has 1 amide bonds. The first kappa shape index (κ1) is 29.8. The maximum Gasteiger partial charge on any atom is 0.303 e. The lowest BCUT2D eigenvalue weighted by Crippen LogP contribution is -2.31. The number of nitrogens with one attached hydrogen (secondary N) is 1. The molecule has 1 heterocycles. The van der Waals surface area contributed by atoms with Crippen molar-refractivity contribution in [3.8, 4) is 11.1 Å². The molecule has 212 valence electrons. The third kappa shape index (κ3) is 8.39. The predicted octanol–water partition coefficient (Wildman–Crippen LogP) is 4.60. The molecule has 1 fully saturated rings. The molecule has 3 aromatic rings. The van der Waals surface area contributed by atoms with Crippen LogP contribution in [0.3, 0.4) is 0 Å². The fraction of sp³-hybridized carbons (Fsp3) is 0.355. The van der Waals surface area contributed by atoms with E-state index in [2.05, 4.69) is 5.32 Å². The van der Waals surface area contributed by atoms with E-state index in [0.29, 0.717) is 18.7 Å². The summed E-state index contributed by atoms with van der Waals surface area (Å²) in [6, 6.07) is 23.5. The maximum absolute atomic E-state index is 12.0. The summed E-state index contributed by atoms with van der Waals surface area (Å²) in [5.41, 5.74) is 5.63. The standard InChI is InChI=1S/C31H35NO7S/c33-15-16-40-20-26-17-28(23-7-5-21(19-34)6-8-23)39-31(38-26)24-11-9-22(10-12-24)27-4-2-1-3-25(27)18-32-29(35)13-14-30(36)37/h1-12,26,28,31,33-34H,13-20H2,(H,32,35)(H,36,37)/t26-,28+,31+/m0/s1. The van der Waals surface area contributed by atoms with Gasteiger partial charge in [0.2, 0.25) is 5.91 Å². The molecule has 0 aliphatic carbocycles. The summed E-state index contributed by atoms with van der Waals surface area (Å²) in [7, 11) is 0. The smallest absolute Gasteiger partial charge is 0.303 e. The van der Waals surface area contributed by atoms with Gasteiger partial charge in [0.25, 0.3) is 0 Å². The average molecular weight is 566 g/mol. The van der Waals surface area contributed by atoms with Crippen LogP contribution in [0.4, 0.5) is 0 Å². The Bertz CT molecular complexity index is 1250. The van der Waals surface area contributed by atoms with Gasteiger partial charge in [-0.3, -0.25) is 9.59 Å². The van der Waals surface area contributed by atoms with Crippen LogP contribution in [-0.4, -0.2) is 51.4 Å². The van der Waals surface area contributed by atoms with Gasteiger partial charge in [0.15, 0.2) is 6.29 Å². The van der Waals surface area contributed by atoms with Crippen LogP contribution in [0.25, 0.3) is 11.1 Å². The number of carboxylic acids is 1. The lowest BCUT2D eigenvalue weighted by atomic mass is 9.97. The van der Waals surface area contributed by atoms with Crippen LogP contribution in [0.1, 0.15) is 53.9 Å². The number of hydrogen-bond donors (Lipinski definition) is 4. The number of aliphatic carboxylic acids is 1. The zero-order valence-corrected chi connectivity index (χ0v) is 23.0. The van der Waals surface area contributed by atoms with E-state index >= 15 is 0 Å². The third-order valence-corrected chi connectivity index (χ3v) is 7.79. The highest BCUT2D eigenvalue weighted by Crippen LogP contribution is 2.39. The topological polar surface area (TPSA) is 125 Å². The number of thioether (sulfide) groups is 1. The van der Waals surface area contributed by atoms with E-state index < -0.39 is 12.3 Å². The minimum absolute atomic E-state index is 0.00939. The molecule has 0 bridgehead atoms. The lowest BCUT2D eigenvalue weighted by molar-refractivity contribution is -0.245. The Kier molecular flexibility index (Phi) is 11.1. The molecule has 3 aromatic carbocycles. The molecule has 0 spiro atoms. The number of carbonyl (C=O) groups excluding carboxylic acids is 1. The van der Waals surface area contributed by atoms with Gasteiger partial charge in [-0.2, -0.15) is 11.8 Å². The molecule has 40 heavy (non-hydrogen) atoms. The second kappa shape index (κ2) is 15.0. The van der Waals surface area contributed by atoms with Crippen molar-refractivity contribution in [1.82, 2.24) is 5.32 Å². The summed E-state index contributed by atoms with van der Waals surface area (Å²) in [5.74, 6) is 0.0964. The van der Waals surface area contributed by atoms with Gasteiger partial charge in [-0.1, -0.05) is 72.8 Å². The van der Waals surface area contributed by atoms with Crippen molar-refractivity contribution in [2.24, 2.45) is 0 Å². The second-order valence-corrected chi connectivity index (χ2v) is 10.7. The molecular weight excluding hydrogens is 530 g/mol. The first-order valence-corrected chi connectivity index (χ1v) is 14.5. The van der Waals surface area contributed by atoms with Crippen LogP contribution in [0.15, 0.2) is 72.8 Å². The van der Waals surface area contributed by atoms with Crippen molar-refractivity contribution in [2.45, 2.75) is 50.9 Å². The minimum Gasteiger partial charge on any atom is -0.481 e. The third-order valence-electron chi connectivity index (χ3n) is 6.71. The molecule has 1 aliphatic rings. The SMILES string of the molecule is O=C(O)CCC(=O)NCc1ccccc1-c1ccc([C@@H]2O[C@H](CSCCO)C[C@H](c3ccc(CO)cc3)O2)cc1. The highest BCUT2D eigenvalue weighted by atomic mass is 32.2. The van der Waals surface area contributed by atoms with Gasteiger partial charge in [0, 0.05) is 36.5 Å². The van der Waals surface area contributed by atoms with Gasteiger partial charge in [-0.05, 0) is 27.8 Å². The number of benzene rings is 3. The van der Waals surface area contributed by atoms with E-state index in [-0.39, 0.29) is 44.2 Å². The van der Waals surface area contributed by atoms with Crippen LogP contribution in [0.2, 0.25) is 0 Å². The van der Waals surface area contributed by atoms with Crippen LogP contribution in [0, 0.1) is 0 Å². The Morgan fingerprint density at radius 3 is 2.33 bits per heavy atom. The Morgan fingerprint density at radius 2 is 1.62 bits per heavy atom. The maximum atomic E-state index is 12.0. The molecular formula is C31H35NO7S. The molecule has 4 N–H and O–H groups in total. The number of amides is 1. The van der Waals surface area contributed by atoms with Gasteiger partial charge < -0.3 is 30.1 Å².